The molecule has 5 rings (SSSR count). The number of nitrogens with one attached hydrogen (secondary N) is 2. The summed E-state index contributed by atoms with van der Waals surface area (Å²) in [5, 5.41) is 7.08. The maximum absolute atomic E-state index is 15.0. The Morgan fingerprint density at radius 2 is 1.81 bits per heavy atom. The van der Waals surface area contributed by atoms with Crippen molar-refractivity contribution in [3.05, 3.63) is 84.3 Å². The number of anilines is 1. The Morgan fingerprint density at radius 1 is 1.00 bits per heavy atom. The van der Waals surface area contributed by atoms with E-state index in [-0.39, 0.29) is 11.4 Å². The van der Waals surface area contributed by atoms with Gasteiger partial charge in [-0.25, -0.2) is 14.6 Å². The maximum atomic E-state index is 15.0. The van der Waals surface area contributed by atoms with Gasteiger partial charge in [0, 0.05) is 62.1 Å². The Morgan fingerprint density at radius 3 is 2.58 bits per heavy atom. The first-order chi connectivity index (χ1) is 21.0. The number of carbonyl (C=O) groups is 1. The zero-order valence-corrected chi connectivity index (χ0v) is 24.3. The van der Waals surface area contributed by atoms with Crippen LogP contribution >= 0.6 is 0 Å². The van der Waals surface area contributed by atoms with E-state index in [1.165, 1.54) is 24.4 Å². The topological polar surface area (TPSA) is 101 Å². The number of halogens is 1. The highest BCUT2D eigenvalue weighted by Gasteiger charge is 2.16. The molecule has 0 bridgehead atoms. The number of hydrazone groups is 1. The van der Waals surface area contributed by atoms with Crippen molar-refractivity contribution in [3.8, 4) is 23.0 Å². The van der Waals surface area contributed by atoms with Crippen LogP contribution in [0.1, 0.15) is 12.0 Å². The first-order valence-electron chi connectivity index (χ1n) is 14.1. The number of benzene rings is 3. The number of hydrogen-bond acceptors (Lipinski definition) is 8. The van der Waals surface area contributed by atoms with E-state index in [9.17, 15) is 4.79 Å². The second-order valence-electron chi connectivity index (χ2n) is 10.2. The van der Waals surface area contributed by atoms with Crippen LogP contribution in [0.15, 0.2) is 78.0 Å². The van der Waals surface area contributed by atoms with Gasteiger partial charge in [0.05, 0.1) is 25.4 Å². The molecule has 2 heterocycles. The summed E-state index contributed by atoms with van der Waals surface area (Å²) in [6.45, 7) is 5.84. The molecule has 1 aliphatic rings. The van der Waals surface area contributed by atoms with Gasteiger partial charge in [-0.05, 0) is 43.3 Å². The van der Waals surface area contributed by atoms with Crippen molar-refractivity contribution in [1.82, 2.24) is 20.2 Å². The van der Waals surface area contributed by atoms with Crippen LogP contribution in [0.4, 0.5) is 14.9 Å². The summed E-state index contributed by atoms with van der Waals surface area (Å²) >= 11 is 0. The lowest BCUT2D eigenvalue weighted by Crippen LogP contribution is -2.44. The average molecular weight is 587 g/mol. The van der Waals surface area contributed by atoms with Crippen LogP contribution in [0, 0.1) is 5.82 Å². The monoisotopic (exact) mass is 586 g/mol. The lowest BCUT2D eigenvalue weighted by atomic mass is 10.1. The molecule has 2 N–H and O–H groups in total. The molecule has 0 atom stereocenters. The first kappa shape index (κ1) is 29.7. The maximum Gasteiger partial charge on any atom is 0.339 e. The molecule has 1 aliphatic heterocycles. The van der Waals surface area contributed by atoms with Crippen LogP contribution in [0.25, 0.3) is 10.9 Å². The predicted molar refractivity (Wildman–Crippen MR) is 165 cm³/mol. The highest BCUT2D eigenvalue weighted by Crippen LogP contribution is 2.38. The van der Waals surface area contributed by atoms with Crippen molar-refractivity contribution in [2.24, 2.45) is 5.10 Å². The molecule has 0 saturated carbocycles. The SMILES string of the molecule is COc1cc2c(Oc3ccc(NC(=O)N/N=C/c4ccccc4)cc3F)ccnc2cc1OCCCN1CCN(C)CC1. The van der Waals surface area contributed by atoms with E-state index < -0.39 is 11.8 Å². The molecular weight excluding hydrogens is 551 g/mol. The van der Waals surface area contributed by atoms with Gasteiger partial charge in [-0.3, -0.25) is 4.98 Å². The molecule has 11 heteroatoms. The van der Waals surface area contributed by atoms with Crippen LogP contribution in [-0.2, 0) is 0 Å². The molecule has 224 valence electrons. The number of rotatable bonds is 11. The highest BCUT2D eigenvalue weighted by atomic mass is 19.1. The second kappa shape index (κ2) is 14.4. The van der Waals surface area contributed by atoms with E-state index in [0.29, 0.717) is 34.8 Å². The zero-order valence-electron chi connectivity index (χ0n) is 24.3. The van der Waals surface area contributed by atoms with Crippen molar-refractivity contribution in [2.45, 2.75) is 6.42 Å². The Hall–Kier alpha value is -4.74. The predicted octanol–water partition coefficient (Wildman–Crippen LogP) is 5.35. The summed E-state index contributed by atoms with van der Waals surface area (Å²) in [4.78, 5) is 21.4. The summed E-state index contributed by atoms with van der Waals surface area (Å²) in [7, 11) is 3.72. The lowest BCUT2D eigenvalue weighted by molar-refractivity contribution is 0.145. The van der Waals surface area contributed by atoms with Crippen molar-refractivity contribution in [3.63, 3.8) is 0 Å². The first-order valence-corrected chi connectivity index (χ1v) is 14.1. The number of likely N-dealkylation sites (N-methyl/N-ethyl adjacent to an activating group) is 1. The van der Waals surface area contributed by atoms with Gasteiger partial charge in [-0.2, -0.15) is 5.10 Å². The minimum absolute atomic E-state index is 0.0104. The number of fused-ring (bicyclic) bond motifs is 1. The van der Waals surface area contributed by atoms with Gasteiger partial charge in [0.1, 0.15) is 5.75 Å². The fourth-order valence-electron chi connectivity index (χ4n) is 4.67. The van der Waals surface area contributed by atoms with E-state index in [4.69, 9.17) is 14.2 Å². The molecule has 43 heavy (non-hydrogen) atoms. The Labute approximate surface area is 250 Å². The van der Waals surface area contributed by atoms with Gasteiger partial charge in [-0.1, -0.05) is 30.3 Å². The van der Waals surface area contributed by atoms with Gasteiger partial charge in [0.25, 0.3) is 0 Å². The van der Waals surface area contributed by atoms with Gasteiger partial charge in [-0.15, -0.1) is 0 Å². The van der Waals surface area contributed by atoms with Gasteiger partial charge >= 0.3 is 6.03 Å². The molecule has 0 aliphatic carbocycles. The van der Waals surface area contributed by atoms with Crippen LogP contribution in [0.2, 0.25) is 0 Å². The van der Waals surface area contributed by atoms with Crippen LogP contribution in [0.3, 0.4) is 0 Å². The van der Waals surface area contributed by atoms with Crippen molar-refractivity contribution in [1.29, 1.82) is 0 Å². The van der Waals surface area contributed by atoms with Crippen molar-refractivity contribution < 1.29 is 23.4 Å². The molecule has 2 amide bonds. The quantitative estimate of drug-likeness (QED) is 0.139. The average Bonchev–Trinajstić information content (AvgIpc) is 3.01. The van der Waals surface area contributed by atoms with E-state index in [0.717, 1.165) is 44.7 Å². The van der Waals surface area contributed by atoms with E-state index in [2.05, 4.69) is 37.7 Å². The van der Waals surface area contributed by atoms with E-state index >= 15 is 4.39 Å². The molecule has 4 aromatic rings. The third-order valence-corrected chi connectivity index (χ3v) is 7.05. The van der Waals surface area contributed by atoms with Crippen molar-refractivity contribution in [2.75, 3.05) is 58.8 Å². The number of carbonyl (C=O) groups excluding carboxylic acids is 1. The fourth-order valence-corrected chi connectivity index (χ4v) is 4.67. The molecule has 10 nitrogen and oxygen atoms in total. The Bertz CT molecular complexity index is 1560. The molecule has 1 aromatic heterocycles. The number of nitrogens with zero attached hydrogens (tertiary/aromatic N) is 4. The number of ether oxygens (including phenoxy) is 3. The number of amides is 2. The number of piperazine rings is 1. The summed E-state index contributed by atoms with van der Waals surface area (Å²) in [5.74, 6) is 0.862. The molecule has 0 radical (unpaired) electrons. The number of methoxy groups -OCH3 is 1. The van der Waals surface area contributed by atoms with Gasteiger partial charge in [0.2, 0.25) is 0 Å². The fraction of sp³-hybridized carbons (Fsp3) is 0.281. The molecule has 0 unspecified atom stereocenters. The number of aromatic nitrogens is 1. The second-order valence-corrected chi connectivity index (χ2v) is 10.2. The molecule has 1 fully saturated rings. The summed E-state index contributed by atoms with van der Waals surface area (Å²) in [6, 6.07) is 18.1. The largest absolute Gasteiger partial charge is 0.493 e. The Kier molecular flexibility index (Phi) is 9.98. The van der Waals surface area contributed by atoms with Crippen LogP contribution in [0.5, 0.6) is 23.0 Å². The lowest BCUT2D eigenvalue weighted by Gasteiger charge is -2.32. The molecular formula is C32H35FN6O4. The molecule has 1 saturated heterocycles. The Balaban J connectivity index is 1.20. The third-order valence-electron chi connectivity index (χ3n) is 7.05. The summed E-state index contributed by atoms with van der Waals surface area (Å²) in [6.07, 6.45) is 4.00. The van der Waals surface area contributed by atoms with Gasteiger partial charge in [0.15, 0.2) is 23.1 Å². The van der Waals surface area contributed by atoms with Gasteiger partial charge < -0.3 is 29.3 Å². The summed E-state index contributed by atoms with van der Waals surface area (Å²) in [5.41, 5.74) is 4.05. The standard InChI is InChI=1S/C32H35FN6O4/c1-38-14-16-39(17-15-38)13-6-18-42-31-21-27-25(20-30(31)41-2)28(11-12-34-27)43-29-10-9-24(19-26(29)33)36-32(40)37-35-22-23-7-4-3-5-8-23/h3-5,7-12,19-22H,6,13-18H2,1-2H3,(H2,36,37,40)/b35-22+. The number of pyridine rings is 1. The molecule has 3 aromatic carbocycles. The molecule has 0 spiro atoms. The zero-order chi connectivity index (χ0) is 30.0. The number of urea groups is 1. The highest BCUT2D eigenvalue weighted by molar-refractivity contribution is 5.91. The van der Waals surface area contributed by atoms with Crippen molar-refractivity contribution >= 4 is 28.8 Å². The minimum Gasteiger partial charge on any atom is -0.493 e. The van der Waals surface area contributed by atoms with E-state index in [1.54, 1.807) is 31.5 Å². The van der Waals surface area contributed by atoms with Crippen LogP contribution < -0.4 is 25.0 Å². The normalized spacial score (nSPS) is 14.1. The smallest absolute Gasteiger partial charge is 0.339 e. The number of hydrogen-bond donors (Lipinski definition) is 2. The summed E-state index contributed by atoms with van der Waals surface area (Å²) < 4.78 is 32.6. The third kappa shape index (κ3) is 8.18. The van der Waals surface area contributed by atoms with E-state index in [1.807, 2.05) is 30.3 Å². The van der Waals surface area contributed by atoms with Crippen LogP contribution in [-0.4, -0.2) is 80.5 Å². The minimum atomic E-state index is -0.650.